The number of amides is 1. The quantitative estimate of drug-likeness (QED) is 0.343. The number of aryl methyl sites for hydroxylation is 1. The maximum Gasteiger partial charge on any atom is 0.270 e. The molecule has 2 N–H and O–H groups in total. The summed E-state index contributed by atoms with van der Waals surface area (Å²) in [7, 11) is 0. The highest BCUT2D eigenvalue weighted by Crippen LogP contribution is 2.23. The van der Waals surface area contributed by atoms with Crippen LogP contribution < -0.4 is 10.9 Å². The molecule has 2 aromatic carbocycles. The van der Waals surface area contributed by atoms with Crippen molar-refractivity contribution in [3.8, 4) is 0 Å². The molecule has 0 bridgehead atoms. The molecule has 0 atom stereocenters. The third kappa shape index (κ3) is 4.32. The number of para-hydroxylation sites is 2. The second kappa shape index (κ2) is 8.57. The molecule has 1 amide bonds. The summed E-state index contributed by atoms with van der Waals surface area (Å²) in [5.74, 6) is -0.0928. The summed E-state index contributed by atoms with van der Waals surface area (Å²) in [6, 6.07) is 13.9. The van der Waals surface area contributed by atoms with Crippen LogP contribution in [0.15, 0.2) is 60.3 Å². The summed E-state index contributed by atoms with van der Waals surface area (Å²) in [5.41, 5.74) is 8.03. The third-order valence-corrected chi connectivity index (χ3v) is 5.00. The van der Waals surface area contributed by atoms with Gasteiger partial charge in [-0.25, -0.2) is 4.98 Å². The Kier molecular flexibility index (Phi) is 5.95. The molecule has 1 heterocycles. The molecular weight excluding hydrogens is 378 g/mol. The molecule has 8 nitrogen and oxygen atoms in total. The van der Waals surface area contributed by atoms with Crippen molar-refractivity contribution in [2.24, 2.45) is 0 Å². The van der Waals surface area contributed by atoms with Gasteiger partial charge in [-0.15, -0.1) is 0 Å². The smallest absolute Gasteiger partial charge is 0.270 e. The van der Waals surface area contributed by atoms with Crippen molar-refractivity contribution < 1.29 is 9.72 Å². The summed E-state index contributed by atoms with van der Waals surface area (Å²) in [6.45, 7) is 6.59. The fourth-order valence-corrected chi connectivity index (χ4v) is 3.54. The van der Waals surface area contributed by atoms with Gasteiger partial charge in [-0.2, -0.15) is 0 Å². The van der Waals surface area contributed by atoms with Gasteiger partial charge in [0.2, 0.25) is 5.91 Å². The zero-order chi connectivity index (χ0) is 20.1. The van der Waals surface area contributed by atoms with Crippen LogP contribution in [0.5, 0.6) is 0 Å². The molecule has 0 aliphatic heterocycles. The van der Waals surface area contributed by atoms with Gasteiger partial charge in [0.15, 0.2) is 5.16 Å². The minimum Gasteiger partial charge on any atom is -0.319 e. The van der Waals surface area contributed by atoms with Crippen LogP contribution >= 0.6 is 11.8 Å². The number of benzene rings is 2. The van der Waals surface area contributed by atoms with Crippen LogP contribution in [0.1, 0.15) is 12.5 Å². The topological polar surface area (TPSA) is 102 Å². The van der Waals surface area contributed by atoms with Crippen molar-refractivity contribution in [2.45, 2.75) is 18.6 Å². The summed E-state index contributed by atoms with van der Waals surface area (Å²) < 4.78 is 2.06. The van der Waals surface area contributed by atoms with Gasteiger partial charge in [-0.05, 0) is 19.1 Å². The monoisotopic (exact) mass is 397 g/mol. The Hall–Kier alpha value is -3.33. The van der Waals surface area contributed by atoms with E-state index >= 15 is 0 Å². The van der Waals surface area contributed by atoms with Crippen LogP contribution in [-0.4, -0.2) is 26.1 Å². The number of non-ortho nitro benzene ring substituents is 1. The van der Waals surface area contributed by atoms with Gasteiger partial charge >= 0.3 is 0 Å². The van der Waals surface area contributed by atoms with E-state index in [-0.39, 0.29) is 17.3 Å². The minimum absolute atomic E-state index is 0.0409. The van der Waals surface area contributed by atoms with Crippen molar-refractivity contribution in [3.63, 3.8) is 0 Å². The van der Waals surface area contributed by atoms with E-state index in [1.807, 2.05) is 31.2 Å². The Balaban J connectivity index is 1.57. The molecule has 0 radical (unpaired) electrons. The highest BCUT2D eigenvalue weighted by Gasteiger charge is 2.12. The van der Waals surface area contributed by atoms with Gasteiger partial charge in [0, 0.05) is 24.2 Å². The largest absolute Gasteiger partial charge is 0.319 e. The number of imidazole rings is 1. The van der Waals surface area contributed by atoms with Gasteiger partial charge in [0.25, 0.3) is 5.69 Å². The fourth-order valence-electron chi connectivity index (χ4n) is 2.66. The molecule has 0 aliphatic rings. The first kappa shape index (κ1) is 19.4. The van der Waals surface area contributed by atoms with Gasteiger partial charge in [-0.3, -0.25) is 25.8 Å². The molecule has 0 unspecified atom stereocenters. The Bertz CT molecular complexity index is 1050. The molecular formula is C19H19N5O3S. The van der Waals surface area contributed by atoms with Crippen LogP contribution in [0.4, 0.5) is 5.69 Å². The number of hydrogen-bond donors (Lipinski definition) is 2. The lowest BCUT2D eigenvalue weighted by atomic mass is 10.1. The van der Waals surface area contributed by atoms with E-state index in [1.54, 1.807) is 12.1 Å². The molecule has 3 rings (SSSR count). The van der Waals surface area contributed by atoms with E-state index in [2.05, 4.69) is 27.0 Å². The lowest BCUT2D eigenvalue weighted by Crippen LogP contribution is -2.37. The van der Waals surface area contributed by atoms with Crippen molar-refractivity contribution in [3.05, 3.63) is 70.8 Å². The first-order chi connectivity index (χ1) is 13.5. The first-order valence-corrected chi connectivity index (χ1v) is 9.54. The standard InChI is InChI=1S/C19H19N5O3S/c1-3-23-17-10-5-4-9-16(17)20-19(23)28-12-18(25)22-21-13(2)14-7-6-8-15(11-14)24(26)27/h4-11,21H,2-3,12H2,1H3,(H,22,25). The number of aromatic nitrogens is 2. The molecule has 144 valence electrons. The highest BCUT2D eigenvalue weighted by atomic mass is 32.2. The summed E-state index contributed by atoms with van der Waals surface area (Å²) in [4.78, 5) is 27.1. The molecule has 1 aromatic heterocycles. The van der Waals surface area contributed by atoms with Crippen molar-refractivity contribution >= 4 is 40.1 Å². The van der Waals surface area contributed by atoms with Crippen molar-refractivity contribution in [2.75, 3.05) is 5.75 Å². The van der Waals surface area contributed by atoms with E-state index in [0.717, 1.165) is 22.7 Å². The average molecular weight is 397 g/mol. The number of nitrogens with one attached hydrogen (secondary N) is 2. The Morgan fingerprint density at radius 2 is 2.04 bits per heavy atom. The summed E-state index contributed by atoms with van der Waals surface area (Å²) in [5, 5.41) is 11.6. The van der Waals surface area contributed by atoms with Crippen LogP contribution in [0, 0.1) is 10.1 Å². The van der Waals surface area contributed by atoms with E-state index in [9.17, 15) is 14.9 Å². The number of nitrogens with zero attached hydrogens (tertiary/aromatic N) is 3. The maximum atomic E-state index is 12.2. The van der Waals surface area contributed by atoms with Crippen molar-refractivity contribution in [1.82, 2.24) is 20.4 Å². The van der Waals surface area contributed by atoms with E-state index in [1.165, 1.54) is 23.9 Å². The number of nitro groups is 1. The first-order valence-electron chi connectivity index (χ1n) is 8.56. The zero-order valence-electron chi connectivity index (χ0n) is 15.2. The lowest BCUT2D eigenvalue weighted by molar-refractivity contribution is -0.384. The Morgan fingerprint density at radius 1 is 1.25 bits per heavy atom. The Labute approximate surface area is 165 Å². The molecule has 3 aromatic rings. The van der Waals surface area contributed by atoms with Crippen molar-refractivity contribution in [1.29, 1.82) is 0 Å². The van der Waals surface area contributed by atoms with Gasteiger partial charge in [0.05, 0.1) is 27.4 Å². The number of rotatable bonds is 8. The molecule has 0 fully saturated rings. The summed E-state index contributed by atoms with van der Waals surface area (Å²) in [6.07, 6.45) is 0. The van der Waals surface area contributed by atoms with Gasteiger partial charge in [0.1, 0.15) is 0 Å². The normalized spacial score (nSPS) is 10.6. The molecule has 0 saturated heterocycles. The number of fused-ring (bicyclic) bond motifs is 1. The van der Waals surface area contributed by atoms with Gasteiger partial charge in [-0.1, -0.05) is 42.6 Å². The predicted octanol–water partition coefficient (Wildman–Crippen LogP) is 3.35. The lowest BCUT2D eigenvalue weighted by Gasteiger charge is -2.11. The number of thioether (sulfide) groups is 1. The fraction of sp³-hybridized carbons (Fsp3) is 0.158. The maximum absolute atomic E-state index is 12.2. The molecule has 0 aliphatic carbocycles. The highest BCUT2D eigenvalue weighted by molar-refractivity contribution is 7.99. The zero-order valence-corrected chi connectivity index (χ0v) is 16.0. The number of hydrazine groups is 1. The average Bonchev–Trinajstić information content (AvgIpc) is 3.08. The van der Waals surface area contributed by atoms with E-state index in [4.69, 9.17) is 0 Å². The Morgan fingerprint density at radius 3 is 2.79 bits per heavy atom. The second-order valence-corrected chi connectivity index (χ2v) is 6.82. The molecule has 28 heavy (non-hydrogen) atoms. The van der Waals surface area contributed by atoms with Crippen LogP contribution in [0.3, 0.4) is 0 Å². The molecule has 0 spiro atoms. The van der Waals surface area contributed by atoms with Crippen LogP contribution in [0.2, 0.25) is 0 Å². The molecule has 9 heteroatoms. The number of hydrogen-bond acceptors (Lipinski definition) is 6. The van der Waals surface area contributed by atoms with Crippen LogP contribution in [-0.2, 0) is 11.3 Å². The summed E-state index contributed by atoms with van der Waals surface area (Å²) >= 11 is 1.34. The number of carbonyl (C=O) groups is 1. The third-order valence-electron chi connectivity index (χ3n) is 4.03. The van der Waals surface area contributed by atoms with Crippen LogP contribution in [0.25, 0.3) is 16.7 Å². The second-order valence-electron chi connectivity index (χ2n) is 5.88. The van der Waals surface area contributed by atoms with E-state index in [0.29, 0.717) is 11.3 Å². The van der Waals surface area contributed by atoms with E-state index < -0.39 is 4.92 Å². The number of carbonyl (C=O) groups excluding carboxylic acids is 1. The minimum atomic E-state index is -0.480. The predicted molar refractivity (Wildman–Crippen MR) is 110 cm³/mol. The number of nitro benzene ring substituents is 1. The molecule has 0 saturated carbocycles. The van der Waals surface area contributed by atoms with Gasteiger partial charge < -0.3 is 4.57 Å². The SMILES string of the molecule is C=C(NNC(=O)CSc1nc2ccccc2n1CC)c1cccc([N+](=O)[O-])c1.